The van der Waals surface area contributed by atoms with Crippen molar-refractivity contribution >= 4 is 5.91 Å². The van der Waals surface area contributed by atoms with Crippen LogP contribution in [-0.4, -0.2) is 17.4 Å². The van der Waals surface area contributed by atoms with Crippen molar-refractivity contribution in [3.63, 3.8) is 0 Å². The molecule has 84 valence electrons. The zero-order chi connectivity index (χ0) is 11.8. The van der Waals surface area contributed by atoms with E-state index in [4.69, 9.17) is 6.42 Å². The smallest absolute Gasteiger partial charge is 0.260 e. The molecule has 0 aromatic carbocycles. The molecule has 0 saturated heterocycles. The molecule has 0 saturated carbocycles. The van der Waals surface area contributed by atoms with E-state index in [1.807, 2.05) is 0 Å². The van der Waals surface area contributed by atoms with Gasteiger partial charge in [0.25, 0.3) is 11.5 Å². The van der Waals surface area contributed by atoms with Gasteiger partial charge >= 0.3 is 0 Å². The summed E-state index contributed by atoms with van der Waals surface area (Å²) in [5, 5.41) is 2.67. The second-order valence-corrected chi connectivity index (χ2v) is 3.33. The van der Waals surface area contributed by atoms with Crippen molar-refractivity contribution in [2.24, 2.45) is 0 Å². The maximum atomic E-state index is 11.5. The number of unbranched alkanes of at least 4 members (excludes halogenated alkanes) is 2. The van der Waals surface area contributed by atoms with Crippen molar-refractivity contribution in [1.29, 1.82) is 0 Å². The van der Waals surface area contributed by atoms with Gasteiger partial charge in [-0.2, -0.15) is 0 Å². The number of aromatic amines is 1. The molecule has 1 aromatic rings. The summed E-state index contributed by atoms with van der Waals surface area (Å²) in [5.74, 6) is 2.18. The fourth-order valence-corrected chi connectivity index (χ4v) is 1.25. The molecular weight excluding hydrogens is 204 g/mol. The van der Waals surface area contributed by atoms with Crippen LogP contribution < -0.4 is 10.9 Å². The molecule has 4 heteroatoms. The fourth-order valence-electron chi connectivity index (χ4n) is 1.25. The fraction of sp³-hybridized carbons (Fsp3) is 0.333. The van der Waals surface area contributed by atoms with Crippen LogP contribution in [-0.2, 0) is 0 Å². The number of pyridine rings is 1. The van der Waals surface area contributed by atoms with Gasteiger partial charge in [0.2, 0.25) is 0 Å². The Kier molecular flexibility index (Phi) is 4.87. The molecule has 0 radical (unpaired) electrons. The third-order valence-electron chi connectivity index (χ3n) is 2.10. The van der Waals surface area contributed by atoms with E-state index >= 15 is 0 Å². The molecule has 16 heavy (non-hydrogen) atoms. The molecule has 1 amide bonds. The summed E-state index contributed by atoms with van der Waals surface area (Å²) >= 11 is 0. The first-order valence-electron chi connectivity index (χ1n) is 5.15. The predicted molar refractivity (Wildman–Crippen MR) is 62.1 cm³/mol. The van der Waals surface area contributed by atoms with Crippen LogP contribution >= 0.6 is 0 Å². The Labute approximate surface area is 94.1 Å². The number of nitrogens with one attached hydrogen (secondary N) is 2. The lowest BCUT2D eigenvalue weighted by Gasteiger charge is -2.03. The summed E-state index contributed by atoms with van der Waals surface area (Å²) in [7, 11) is 0. The molecule has 0 unspecified atom stereocenters. The third-order valence-corrected chi connectivity index (χ3v) is 2.10. The highest BCUT2D eigenvalue weighted by Gasteiger charge is 2.07. The molecule has 0 aliphatic rings. The van der Waals surface area contributed by atoms with Crippen LogP contribution in [0.2, 0.25) is 0 Å². The average molecular weight is 218 g/mol. The quantitative estimate of drug-likeness (QED) is 0.570. The number of carbonyl (C=O) groups is 1. The van der Waals surface area contributed by atoms with Crippen LogP contribution in [0.25, 0.3) is 0 Å². The Morgan fingerprint density at radius 3 is 3.00 bits per heavy atom. The number of H-pyrrole nitrogens is 1. The highest BCUT2D eigenvalue weighted by Crippen LogP contribution is 1.93. The van der Waals surface area contributed by atoms with E-state index in [9.17, 15) is 9.59 Å². The number of hydrogen-bond acceptors (Lipinski definition) is 2. The number of amides is 1. The van der Waals surface area contributed by atoms with E-state index in [-0.39, 0.29) is 17.0 Å². The minimum absolute atomic E-state index is 0.138. The van der Waals surface area contributed by atoms with Crippen LogP contribution in [0.4, 0.5) is 0 Å². The van der Waals surface area contributed by atoms with E-state index in [0.29, 0.717) is 13.0 Å². The van der Waals surface area contributed by atoms with Crippen LogP contribution in [0.15, 0.2) is 23.1 Å². The number of carbonyl (C=O) groups excluding carboxylic acids is 1. The van der Waals surface area contributed by atoms with Crippen LogP contribution in [0.5, 0.6) is 0 Å². The van der Waals surface area contributed by atoms with Crippen LogP contribution in [0.1, 0.15) is 29.6 Å². The maximum Gasteiger partial charge on any atom is 0.260 e. The Morgan fingerprint density at radius 1 is 1.50 bits per heavy atom. The van der Waals surface area contributed by atoms with Gasteiger partial charge < -0.3 is 10.3 Å². The van der Waals surface area contributed by atoms with Gasteiger partial charge in [-0.3, -0.25) is 9.59 Å². The van der Waals surface area contributed by atoms with Crippen molar-refractivity contribution in [3.8, 4) is 12.3 Å². The molecule has 0 aliphatic heterocycles. The lowest BCUT2D eigenvalue weighted by Crippen LogP contribution is -2.29. The topological polar surface area (TPSA) is 62.0 Å². The summed E-state index contributed by atoms with van der Waals surface area (Å²) in [5.41, 5.74) is -0.233. The standard InChI is InChI=1S/C12H14N2O2/c1-2-3-4-5-8-13-11(15)10-7-6-9-14-12(10)16/h1,6-7,9H,3-5,8H2,(H,13,15)(H,14,16). The highest BCUT2D eigenvalue weighted by molar-refractivity contribution is 5.93. The number of terminal acetylenes is 1. The molecule has 1 rings (SSSR count). The summed E-state index contributed by atoms with van der Waals surface area (Å²) in [6, 6.07) is 3.12. The Bertz CT molecular complexity index is 443. The second-order valence-electron chi connectivity index (χ2n) is 3.33. The van der Waals surface area contributed by atoms with Crippen molar-refractivity contribution in [3.05, 3.63) is 34.2 Å². The van der Waals surface area contributed by atoms with E-state index in [2.05, 4.69) is 16.2 Å². The molecular formula is C12H14N2O2. The van der Waals surface area contributed by atoms with Gasteiger partial charge in [-0.05, 0) is 25.0 Å². The van der Waals surface area contributed by atoms with Crippen molar-refractivity contribution < 1.29 is 4.79 Å². The third kappa shape index (κ3) is 3.62. The van der Waals surface area contributed by atoms with Gasteiger partial charge in [0.15, 0.2) is 0 Å². The van der Waals surface area contributed by atoms with Gasteiger partial charge in [0.1, 0.15) is 5.56 Å². The van der Waals surface area contributed by atoms with Gasteiger partial charge in [-0.15, -0.1) is 12.3 Å². The first-order chi connectivity index (χ1) is 7.75. The maximum absolute atomic E-state index is 11.5. The predicted octanol–water partition coefficient (Wildman–Crippen LogP) is 0.908. The van der Waals surface area contributed by atoms with E-state index in [0.717, 1.165) is 12.8 Å². The van der Waals surface area contributed by atoms with Gasteiger partial charge in [-0.25, -0.2) is 0 Å². The second kappa shape index (κ2) is 6.46. The number of hydrogen-bond donors (Lipinski definition) is 2. The molecule has 1 heterocycles. The van der Waals surface area contributed by atoms with Crippen LogP contribution in [0, 0.1) is 12.3 Å². The zero-order valence-electron chi connectivity index (χ0n) is 8.95. The summed E-state index contributed by atoms with van der Waals surface area (Å²) < 4.78 is 0. The van der Waals surface area contributed by atoms with Gasteiger partial charge in [-0.1, -0.05) is 0 Å². The summed E-state index contributed by atoms with van der Waals surface area (Å²) in [6.07, 6.45) is 9.00. The van der Waals surface area contributed by atoms with Gasteiger partial charge in [0, 0.05) is 19.2 Å². The molecule has 2 N–H and O–H groups in total. The minimum Gasteiger partial charge on any atom is -0.352 e. The molecule has 0 aliphatic carbocycles. The molecule has 0 fully saturated rings. The molecule has 0 atom stereocenters. The Hall–Kier alpha value is -2.02. The summed E-state index contributed by atoms with van der Waals surface area (Å²) in [4.78, 5) is 25.2. The lowest BCUT2D eigenvalue weighted by molar-refractivity contribution is 0.0951. The van der Waals surface area contributed by atoms with Gasteiger partial charge in [0.05, 0.1) is 0 Å². The zero-order valence-corrected chi connectivity index (χ0v) is 8.95. The normalized spacial score (nSPS) is 9.44. The van der Waals surface area contributed by atoms with Crippen molar-refractivity contribution in [1.82, 2.24) is 10.3 Å². The van der Waals surface area contributed by atoms with E-state index in [1.54, 1.807) is 6.07 Å². The van der Waals surface area contributed by atoms with E-state index in [1.165, 1.54) is 12.3 Å². The summed E-state index contributed by atoms with van der Waals surface area (Å²) in [6.45, 7) is 0.537. The minimum atomic E-state index is -0.372. The van der Waals surface area contributed by atoms with E-state index < -0.39 is 0 Å². The van der Waals surface area contributed by atoms with Crippen molar-refractivity contribution in [2.45, 2.75) is 19.3 Å². The first kappa shape index (κ1) is 12.1. The number of rotatable bonds is 5. The largest absolute Gasteiger partial charge is 0.352 e. The lowest BCUT2D eigenvalue weighted by atomic mass is 10.2. The molecule has 0 bridgehead atoms. The van der Waals surface area contributed by atoms with Crippen LogP contribution in [0.3, 0.4) is 0 Å². The SMILES string of the molecule is C#CCCCCNC(=O)c1ccc[nH]c1=O. The Balaban J connectivity index is 2.40. The van der Waals surface area contributed by atoms with Crippen molar-refractivity contribution in [2.75, 3.05) is 6.54 Å². The monoisotopic (exact) mass is 218 g/mol. The Morgan fingerprint density at radius 2 is 2.31 bits per heavy atom. The number of aromatic nitrogens is 1. The molecule has 1 aromatic heterocycles. The highest BCUT2D eigenvalue weighted by atomic mass is 16.2. The molecule has 0 spiro atoms. The molecule has 4 nitrogen and oxygen atoms in total. The first-order valence-corrected chi connectivity index (χ1v) is 5.15. The average Bonchev–Trinajstić information content (AvgIpc) is 2.29.